The molecule has 0 saturated carbocycles. The van der Waals surface area contributed by atoms with Crippen LogP contribution in [0.25, 0.3) is 0 Å². The minimum absolute atomic E-state index is 0.122. The molecule has 1 rings (SSSR count). The van der Waals surface area contributed by atoms with Crippen molar-refractivity contribution in [3.63, 3.8) is 0 Å². The first-order valence-corrected chi connectivity index (χ1v) is 5.75. The molecule has 0 radical (unpaired) electrons. The SMILES string of the molecule is CCOC(=O)C[C@H](N)c1ccc(OC)cc1OC. The highest BCUT2D eigenvalue weighted by Crippen LogP contribution is 2.29. The van der Waals surface area contributed by atoms with Gasteiger partial charge in [-0.05, 0) is 13.0 Å². The molecular formula is C13H19NO4. The molecule has 0 aliphatic heterocycles. The molecule has 100 valence electrons. The minimum atomic E-state index is -0.454. The summed E-state index contributed by atoms with van der Waals surface area (Å²) in [5.74, 6) is 0.966. The second kappa shape index (κ2) is 6.86. The molecule has 0 heterocycles. The van der Waals surface area contributed by atoms with Gasteiger partial charge in [-0.15, -0.1) is 0 Å². The van der Waals surface area contributed by atoms with Crippen LogP contribution in [-0.2, 0) is 9.53 Å². The Hall–Kier alpha value is -1.75. The van der Waals surface area contributed by atoms with Crippen LogP contribution in [0.4, 0.5) is 0 Å². The number of hydrogen-bond acceptors (Lipinski definition) is 5. The summed E-state index contributed by atoms with van der Waals surface area (Å²) in [5.41, 5.74) is 6.73. The second-order valence-electron chi connectivity index (χ2n) is 3.72. The van der Waals surface area contributed by atoms with Crippen molar-refractivity contribution < 1.29 is 19.0 Å². The number of nitrogens with two attached hydrogens (primary N) is 1. The van der Waals surface area contributed by atoms with Crippen LogP contribution in [0, 0.1) is 0 Å². The molecule has 2 N–H and O–H groups in total. The first-order valence-electron chi connectivity index (χ1n) is 5.75. The highest BCUT2D eigenvalue weighted by Gasteiger charge is 2.17. The minimum Gasteiger partial charge on any atom is -0.497 e. The lowest BCUT2D eigenvalue weighted by Crippen LogP contribution is -2.18. The van der Waals surface area contributed by atoms with Gasteiger partial charge in [-0.1, -0.05) is 6.07 Å². The fourth-order valence-corrected chi connectivity index (χ4v) is 1.63. The lowest BCUT2D eigenvalue weighted by Gasteiger charge is -2.15. The number of esters is 1. The van der Waals surface area contributed by atoms with Crippen molar-refractivity contribution in [1.82, 2.24) is 0 Å². The molecule has 0 fully saturated rings. The molecule has 1 aromatic rings. The first kappa shape index (κ1) is 14.3. The van der Waals surface area contributed by atoms with E-state index in [2.05, 4.69) is 0 Å². The number of rotatable bonds is 6. The zero-order valence-electron chi connectivity index (χ0n) is 10.9. The monoisotopic (exact) mass is 253 g/mol. The topological polar surface area (TPSA) is 70.8 Å². The van der Waals surface area contributed by atoms with E-state index >= 15 is 0 Å². The number of ether oxygens (including phenoxy) is 3. The van der Waals surface area contributed by atoms with Crippen LogP contribution in [0.15, 0.2) is 18.2 Å². The Morgan fingerprint density at radius 1 is 1.33 bits per heavy atom. The molecule has 0 amide bonds. The summed E-state index contributed by atoms with van der Waals surface area (Å²) >= 11 is 0. The highest BCUT2D eigenvalue weighted by molar-refractivity contribution is 5.70. The zero-order valence-corrected chi connectivity index (χ0v) is 10.9. The van der Waals surface area contributed by atoms with E-state index in [1.165, 1.54) is 0 Å². The van der Waals surface area contributed by atoms with Crippen molar-refractivity contribution in [3.05, 3.63) is 23.8 Å². The summed E-state index contributed by atoms with van der Waals surface area (Å²) in [6, 6.07) is 4.86. The lowest BCUT2D eigenvalue weighted by atomic mass is 10.0. The third-order valence-electron chi connectivity index (χ3n) is 2.53. The molecule has 1 aromatic carbocycles. The molecule has 0 aromatic heterocycles. The van der Waals surface area contributed by atoms with Gasteiger partial charge in [0.25, 0.3) is 0 Å². The third-order valence-corrected chi connectivity index (χ3v) is 2.53. The largest absolute Gasteiger partial charge is 0.497 e. The number of hydrogen-bond donors (Lipinski definition) is 1. The van der Waals surface area contributed by atoms with Crippen LogP contribution in [0.2, 0.25) is 0 Å². The van der Waals surface area contributed by atoms with Crippen LogP contribution in [0.5, 0.6) is 11.5 Å². The molecule has 1 atom stereocenters. The van der Waals surface area contributed by atoms with Gasteiger partial charge in [-0.2, -0.15) is 0 Å². The number of carbonyl (C=O) groups is 1. The fraction of sp³-hybridized carbons (Fsp3) is 0.462. The van der Waals surface area contributed by atoms with Crippen molar-refractivity contribution in [2.75, 3.05) is 20.8 Å². The second-order valence-corrected chi connectivity index (χ2v) is 3.72. The summed E-state index contributed by atoms with van der Waals surface area (Å²) in [6.07, 6.45) is 0.122. The maximum Gasteiger partial charge on any atom is 0.307 e. The average molecular weight is 253 g/mol. The van der Waals surface area contributed by atoms with Crippen molar-refractivity contribution in [2.45, 2.75) is 19.4 Å². The van der Waals surface area contributed by atoms with Crippen molar-refractivity contribution in [2.24, 2.45) is 5.73 Å². The van der Waals surface area contributed by atoms with Gasteiger partial charge in [0.1, 0.15) is 11.5 Å². The maximum absolute atomic E-state index is 11.4. The van der Waals surface area contributed by atoms with E-state index in [4.69, 9.17) is 19.9 Å². The lowest BCUT2D eigenvalue weighted by molar-refractivity contribution is -0.143. The van der Waals surface area contributed by atoms with E-state index in [0.717, 1.165) is 5.56 Å². The summed E-state index contributed by atoms with van der Waals surface area (Å²) in [7, 11) is 3.13. The molecule has 18 heavy (non-hydrogen) atoms. The number of carbonyl (C=O) groups excluding carboxylic acids is 1. The van der Waals surface area contributed by atoms with Crippen LogP contribution in [0.1, 0.15) is 24.9 Å². The smallest absolute Gasteiger partial charge is 0.307 e. The Morgan fingerprint density at radius 2 is 2.06 bits per heavy atom. The normalized spacial score (nSPS) is 11.8. The van der Waals surface area contributed by atoms with Gasteiger partial charge < -0.3 is 19.9 Å². The van der Waals surface area contributed by atoms with E-state index in [0.29, 0.717) is 18.1 Å². The molecular weight excluding hydrogens is 234 g/mol. The van der Waals surface area contributed by atoms with E-state index in [9.17, 15) is 4.79 Å². The molecule has 0 bridgehead atoms. The molecule has 0 aliphatic carbocycles. The van der Waals surface area contributed by atoms with E-state index in [1.54, 1.807) is 39.3 Å². The quantitative estimate of drug-likeness (QED) is 0.781. The zero-order chi connectivity index (χ0) is 13.5. The summed E-state index contributed by atoms with van der Waals surface area (Å²) in [4.78, 5) is 11.4. The molecule has 0 aliphatic rings. The van der Waals surface area contributed by atoms with E-state index in [-0.39, 0.29) is 12.4 Å². The van der Waals surface area contributed by atoms with Gasteiger partial charge in [-0.3, -0.25) is 4.79 Å². The molecule has 0 saturated heterocycles. The number of methoxy groups -OCH3 is 2. The van der Waals surface area contributed by atoms with E-state index in [1.807, 2.05) is 0 Å². The average Bonchev–Trinajstić information content (AvgIpc) is 2.38. The van der Waals surface area contributed by atoms with E-state index < -0.39 is 6.04 Å². The van der Waals surface area contributed by atoms with Crippen molar-refractivity contribution in [3.8, 4) is 11.5 Å². The van der Waals surface area contributed by atoms with Crippen molar-refractivity contribution in [1.29, 1.82) is 0 Å². The van der Waals surface area contributed by atoms with Crippen molar-refractivity contribution >= 4 is 5.97 Å². The van der Waals surface area contributed by atoms with Crippen LogP contribution >= 0.6 is 0 Å². The Morgan fingerprint density at radius 3 is 2.61 bits per heavy atom. The Balaban J connectivity index is 2.84. The van der Waals surface area contributed by atoms with Gasteiger partial charge in [0.2, 0.25) is 0 Å². The van der Waals surface area contributed by atoms with Gasteiger partial charge >= 0.3 is 5.97 Å². The van der Waals surface area contributed by atoms with Gasteiger partial charge in [0.15, 0.2) is 0 Å². The van der Waals surface area contributed by atoms with Crippen LogP contribution in [-0.4, -0.2) is 26.8 Å². The maximum atomic E-state index is 11.4. The fourth-order valence-electron chi connectivity index (χ4n) is 1.63. The molecule has 5 heteroatoms. The Bertz CT molecular complexity index is 406. The summed E-state index contributed by atoms with van der Waals surface area (Å²) in [6.45, 7) is 2.11. The third kappa shape index (κ3) is 3.63. The summed E-state index contributed by atoms with van der Waals surface area (Å²) < 4.78 is 15.2. The predicted octanol–water partition coefficient (Wildman–Crippen LogP) is 1.66. The molecule has 0 spiro atoms. The molecule has 0 unspecified atom stereocenters. The predicted molar refractivity (Wildman–Crippen MR) is 67.7 cm³/mol. The van der Waals surface area contributed by atoms with Crippen LogP contribution in [0.3, 0.4) is 0 Å². The number of benzene rings is 1. The summed E-state index contributed by atoms with van der Waals surface area (Å²) in [5, 5.41) is 0. The highest BCUT2D eigenvalue weighted by atomic mass is 16.5. The van der Waals surface area contributed by atoms with Gasteiger partial charge in [-0.25, -0.2) is 0 Å². The Kier molecular flexibility index (Phi) is 5.45. The molecule has 5 nitrogen and oxygen atoms in total. The van der Waals surface area contributed by atoms with Gasteiger partial charge in [0, 0.05) is 17.7 Å². The van der Waals surface area contributed by atoms with Crippen LogP contribution < -0.4 is 15.2 Å². The Labute approximate surface area is 107 Å². The van der Waals surface area contributed by atoms with Gasteiger partial charge in [0.05, 0.1) is 27.2 Å². The standard InChI is InChI=1S/C13H19NO4/c1-4-18-13(15)8-11(14)10-6-5-9(16-2)7-12(10)17-3/h5-7,11H,4,8,14H2,1-3H3/t11-/m0/s1. The first-order chi connectivity index (χ1) is 8.62.